The van der Waals surface area contributed by atoms with Crippen molar-refractivity contribution in [2.75, 3.05) is 31.1 Å². The van der Waals surface area contributed by atoms with Crippen molar-refractivity contribution in [2.24, 2.45) is 16.1 Å². The average Bonchev–Trinajstić information content (AvgIpc) is 3.06. The lowest BCUT2D eigenvalue weighted by Crippen LogP contribution is -2.51. The molecule has 0 spiro atoms. The van der Waals surface area contributed by atoms with Crippen LogP contribution in [0.15, 0.2) is 29.3 Å². The first-order valence-corrected chi connectivity index (χ1v) is 7.54. The highest BCUT2D eigenvalue weighted by molar-refractivity contribution is 14.0. The Morgan fingerprint density at radius 3 is 2.23 bits per heavy atom. The second-order valence-corrected chi connectivity index (χ2v) is 6.65. The highest BCUT2D eigenvalue weighted by Gasteiger charge is 2.46. The van der Waals surface area contributed by atoms with Crippen LogP contribution >= 0.6 is 24.0 Å². The number of hydrogen-bond acceptors (Lipinski definition) is 2. The zero-order valence-corrected chi connectivity index (χ0v) is 15.5. The maximum atomic E-state index is 13.0. The molecule has 2 N–H and O–H groups in total. The number of nitrogens with two attached hydrogens (primary N) is 1. The molecule has 2 aliphatic rings. The number of guanidine groups is 1. The molecule has 1 saturated carbocycles. The molecule has 3 rings (SSSR count). The summed E-state index contributed by atoms with van der Waals surface area (Å²) in [5.74, 6) is 0.477. The average molecular weight is 418 g/mol. The Bertz CT molecular complexity index is 536. The van der Waals surface area contributed by atoms with Gasteiger partial charge in [0.15, 0.2) is 5.96 Å². The van der Waals surface area contributed by atoms with E-state index in [1.807, 2.05) is 12.1 Å². The number of hydrogen-bond donors (Lipinski definition) is 1. The number of nitrogens with zero attached hydrogens (tertiary/aromatic N) is 3. The fourth-order valence-electron chi connectivity index (χ4n) is 2.75. The number of rotatable bonds is 2. The number of aliphatic imine (C=N–C) groups is 1. The molecule has 1 unspecified atom stereocenters. The van der Waals surface area contributed by atoms with Crippen molar-refractivity contribution in [1.29, 1.82) is 0 Å². The van der Waals surface area contributed by atoms with Gasteiger partial charge in [0.1, 0.15) is 5.82 Å². The summed E-state index contributed by atoms with van der Waals surface area (Å²) in [5, 5.41) is 0. The van der Waals surface area contributed by atoms with Crippen LogP contribution in [-0.2, 0) is 0 Å². The molecule has 0 bridgehead atoms. The van der Waals surface area contributed by atoms with Gasteiger partial charge in [0.05, 0.1) is 6.04 Å². The van der Waals surface area contributed by atoms with E-state index in [1.165, 1.54) is 12.1 Å². The molecule has 1 aromatic carbocycles. The number of halogens is 2. The topological polar surface area (TPSA) is 44.9 Å². The summed E-state index contributed by atoms with van der Waals surface area (Å²) in [7, 11) is 0. The molecule has 1 aromatic rings. The summed E-state index contributed by atoms with van der Waals surface area (Å²) in [6.45, 7) is 7.94. The minimum absolute atomic E-state index is 0. The second-order valence-electron chi connectivity index (χ2n) is 6.65. The SMILES string of the molecule is CC1(C)CC1N=C(N)N1CCN(c2ccc(F)cc2)CC1.I. The van der Waals surface area contributed by atoms with E-state index in [4.69, 9.17) is 5.73 Å². The van der Waals surface area contributed by atoms with Crippen LogP contribution in [0.3, 0.4) is 0 Å². The summed E-state index contributed by atoms with van der Waals surface area (Å²) in [6.07, 6.45) is 1.13. The van der Waals surface area contributed by atoms with Gasteiger partial charge < -0.3 is 15.5 Å². The summed E-state index contributed by atoms with van der Waals surface area (Å²) < 4.78 is 13.0. The fourth-order valence-corrected chi connectivity index (χ4v) is 2.75. The van der Waals surface area contributed by atoms with E-state index in [9.17, 15) is 4.39 Å². The Hall–Kier alpha value is -1.05. The van der Waals surface area contributed by atoms with Gasteiger partial charge >= 0.3 is 0 Å². The van der Waals surface area contributed by atoms with Crippen molar-refractivity contribution < 1.29 is 4.39 Å². The van der Waals surface area contributed by atoms with Crippen LogP contribution < -0.4 is 10.6 Å². The first-order valence-electron chi connectivity index (χ1n) is 7.54. The van der Waals surface area contributed by atoms with Gasteiger partial charge in [0.2, 0.25) is 0 Å². The predicted molar refractivity (Wildman–Crippen MR) is 99.4 cm³/mol. The fraction of sp³-hybridized carbons (Fsp3) is 0.562. The zero-order chi connectivity index (χ0) is 15.0. The number of piperazine rings is 1. The van der Waals surface area contributed by atoms with Crippen molar-refractivity contribution in [3.63, 3.8) is 0 Å². The quantitative estimate of drug-likeness (QED) is 0.457. The van der Waals surface area contributed by atoms with Crippen molar-refractivity contribution >= 4 is 35.6 Å². The monoisotopic (exact) mass is 418 g/mol. The normalized spacial score (nSPS) is 24.0. The molecule has 1 saturated heterocycles. The van der Waals surface area contributed by atoms with Crippen molar-refractivity contribution in [3.8, 4) is 0 Å². The summed E-state index contributed by atoms with van der Waals surface area (Å²) >= 11 is 0. The van der Waals surface area contributed by atoms with Crippen molar-refractivity contribution in [3.05, 3.63) is 30.1 Å². The van der Waals surface area contributed by atoms with Gasteiger partial charge in [-0.25, -0.2) is 9.38 Å². The minimum atomic E-state index is -0.194. The molecule has 1 atom stereocenters. The molecule has 6 heteroatoms. The molecule has 1 aliphatic carbocycles. The van der Waals surface area contributed by atoms with Crippen molar-refractivity contribution in [2.45, 2.75) is 26.3 Å². The molecular formula is C16H24FIN4. The van der Waals surface area contributed by atoms with Gasteiger partial charge in [0, 0.05) is 31.9 Å². The minimum Gasteiger partial charge on any atom is -0.370 e. The van der Waals surface area contributed by atoms with E-state index in [0.29, 0.717) is 17.4 Å². The number of benzene rings is 1. The lowest BCUT2D eigenvalue weighted by atomic mass is 10.2. The first-order chi connectivity index (χ1) is 9.95. The van der Waals surface area contributed by atoms with Gasteiger partial charge in [-0.3, -0.25) is 0 Å². The Morgan fingerprint density at radius 2 is 1.73 bits per heavy atom. The van der Waals surface area contributed by atoms with Gasteiger partial charge in [-0.15, -0.1) is 24.0 Å². The van der Waals surface area contributed by atoms with Crippen LogP contribution in [0.25, 0.3) is 0 Å². The summed E-state index contributed by atoms with van der Waals surface area (Å²) in [6, 6.07) is 7.05. The zero-order valence-electron chi connectivity index (χ0n) is 13.1. The van der Waals surface area contributed by atoms with Crippen molar-refractivity contribution in [1.82, 2.24) is 4.90 Å². The van der Waals surface area contributed by atoms with Crippen LogP contribution in [0.1, 0.15) is 20.3 Å². The molecule has 22 heavy (non-hydrogen) atoms. The highest BCUT2D eigenvalue weighted by Crippen LogP contribution is 2.47. The third-order valence-corrected chi connectivity index (χ3v) is 4.54. The van der Waals surface area contributed by atoms with E-state index in [0.717, 1.165) is 38.3 Å². The van der Waals surface area contributed by atoms with E-state index < -0.39 is 0 Å². The molecule has 122 valence electrons. The Labute approximate surface area is 148 Å². The summed E-state index contributed by atoms with van der Waals surface area (Å²) in [4.78, 5) is 9.03. The highest BCUT2D eigenvalue weighted by atomic mass is 127. The van der Waals surface area contributed by atoms with Gasteiger partial charge in [-0.2, -0.15) is 0 Å². The van der Waals surface area contributed by atoms with E-state index >= 15 is 0 Å². The van der Waals surface area contributed by atoms with Crippen LogP contribution in [0.5, 0.6) is 0 Å². The van der Waals surface area contributed by atoms with Crippen LogP contribution in [0.2, 0.25) is 0 Å². The van der Waals surface area contributed by atoms with E-state index in [1.54, 1.807) is 0 Å². The molecule has 1 heterocycles. The molecule has 0 amide bonds. The maximum absolute atomic E-state index is 13.0. The van der Waals surface area contributed by atoms with Gasteiger partial charge in [0.25, 0.3) is 0 Å². The van der Waals surface area contributed by atoms with Gasteiger partial charge in [-0.05, 0) is 36.1 Å². The number of anilines is 1. The Kier molecular flexibility index (Phi) is 5.19. The molecule has 2 fully saturated rings. The third-order valence-electron chi connectivity index (χ3n) is 4.54. The van der Waals surface area contributed by atoms with Gasteiger partial charge in [-0.1, -0.05) is 13.8 Å². The second kappa shape index (κ2) is 6.60. The lowest BCUT2D eigenvalue weighted by Gasteiger charge is -2.36. The van der Waals surface area contributed by atoms with Crippen LogP contribution in [0, 0.1) is 11.2 Å². The first kappa shape index (κ1) is 17.3. The molecule has 1 aliphatic heterocycles. The summed E-state index contributed by atoms with van der Waals surface area (Å²) in [5.41, 5.74) is 7.51. The predicted octanol–water partition coefficient (Wildman–Crippen LogP) is 2.68. The van der Waals surface area contributed by atoms with Crippen LogP contribution in [0.4, 0.5) is 10.1 Å². The molecule has 0 aromatic heterocycles. The van der Waals surface area contributed by atoms with E-state index in [-0.39, 0.29) is 29.8 Å². The molecule has 0 radical (unpaired) electrons. The Balaban J connectivity index is 0.00000176. The third kappa shape index (κ3) is 3.83. The molecular weight excluding hydrogens is 394 g/mol. The van der Waals surface area contributed by atoms with E-state index in [2.05, 4.69) is 28.6 Å². The van der Waals surface area contributed by atoms with Crippen LogP contribution in [-0.4, -0.2) is 43.1 Å². The largest absolute Gasteiger partial charge is 0.370 e. The molecule has 4 nitrogen and oxygen atoms in total. The Morgan fingerprint density at radius 1 is 1.18 bits per heavy atom. The maximum Gasteiger partial charge on any atom is 0.191 e. The lowest BCUT2D eigenvalue weighted by molar-refractivity contribution is 0.380. The smallest absolute Gasteiger partial charge is 0.191 e. The standard InChI is InChI=1S/C16H23FN4.HI/c1-16(2)11-14(16)19-15(18)21-9-7-20(8-10-21)13-5-3-12(17)4-6-13;/h3-6,14H,7-11H2,1-2H3,(H2,18,19);1H.